The van der Waals surface area contributed by atoms with Crippen LogP contribution in [0.2, 0.25) is 0 Å². The standard InChI is InChI=1S/C17H30N2O7.Ca/c1-2-3-4-14(20)13-19(10-7-17(25)26)12-11-18(8-5-15(21)22)9-6-16(23)24;/h2,14,20H,1,3-13H2,(H,21,22)(H,23,24)(H,25,26);/q;+2/p-2. The number of aliphatic carboxylic acids is 3. The predicted molar refractivity (Wildman–Crippen MR) is 95.6 cm³/mol. The van der Waals surface area contributed by atoms with Crippen molar-refractivity contribution in [1.29, 1.82) is 0 Å². The molecule has 0 saturated carbocycles. The van der Waals surface area contributed by atoms with Gasteiger partial charge in [-0.15, -0.1) is 6.58 Å². The molecule has 0 aliphatic heterocycles. The Morgan fingerprint density at radius 3 is 1.85 bits per heavy atom. The number of carbonyl (C=O) groups is 3. The van der Waals surface area contributed by atoms with Crippen molar-refractivity contribution < 1.29 is 34.8 Å². The summed E-state index contributed by atoms with van der Waals surface area (Å²) in [6, 6.07) is 0. The first-order valence-corrected chi connectivity index (χ1v) is 8.59. The van der Waals surface area contributed by atoms with Crippen molar-refractivity contribution in [2.24, 2.45) is 0 Å². The van der Waals surface area contributed by atoms with Crippen molar-refractivity contribution in [2.45, 2.75) is 38.2 Å². The van der Waals surface area contributed by atoms with Crippen LogP contribution in [-0.2, 0) is 14.4 Å². The van der Waals surface area contributed by atoms with Gasteiger partial charge in [0.05, 0.1) is 12.5 Å². The molecule has 0 radical (unpaired) electrons. The van der Waals surface area contributed by atoms with Gasteiger partial charge in [0.2, 0.25) is 0 Å². The number of hydrogen-bond acceptors (Lipinski definition) is 8. The van der Waals surface area contributed by atoms with Gasteiger partial charge in [0.1, 0.15) is 0 Å². The topological polar surface area (TPSA) is 144 Å². The number of carboxylic acids is 3. The number of allylic oxidation sites excluding steroid dienone is 1. The number of nitrogens with zero attached hydrogens (tertiary/aromatic N) is 2. The summed E-state index contributed by atoms with van der Waals surface area (Å²) in [4.78, 5) is 35.5. The maximum atomic E-state index is 10.8. The van der Waals surface area contributed by atoms with Gasteiger partial charge in [0.25, 0.3) is 0 Å². The Hall–Kier alpha value is -0.710. The van der Waals surface area contributed by atoms with Crippen LogP contribution >= 0.6 is 0 Å². The number of rotatable bonds is 17. The summed E-state index contributed by atoms with van der Waals surface area (Å²) in [5.74, 6) is -3.42. The summed E-state index contributed by atoms with van der Waals surface area (Å²) in [5, 5.41) is 40.1. The quantitative estimate of drug-likeness (QED) is 0.192. The van der Waals surface area contributed by atoms with E-state index in [0.717, 1.165) is 0 Å². The normalized spacial score (nSPS) is 11.8. The van der Waals surface area contributed by atoms with Crippen LogP contribution in [0.3, 0.4) is 0 Å². The summed E-state index contributed by atoms with van der Waals surface area (Å²) < 4.78 is 0. The van der Waals surface area contributed by atoms with Crippen LogP contribution in [0, 0.1) is 0 Å². The molecule has 0 aliphatic carbocycles. The van der Waals surface area contributed by atoms with Crippen molar-refractivity contribution in [3.8, 4) is 0 Å². The van der Waals surface area contributed by atoms with Gasteiger partial charge in [-0.1, -0.05) is 6.08 Å². The second kappa shape index (κ2) is 17.4. The molecular formula is C17H28CaN2O7. The molecule has 0 aromatic heterocycles. The molecule has 0 bridgehead atoms. The Labute approximate surface area is 189 Å². The summed E-state index contributed by atoms with van der Waals surface area (Å²) in [6.07, 6.45) is 1.64. The molecule has 10 heteroatoms. The van der Waals surface area contributed by atoms with Crippen LogP contribution in [0.1, 0.15) is 32.1 Å². The van der Waals surface area contributed by atoms with Crippen molar-refractivity contribution >= 4 is 55.6 Å². The van der Waals surface area contributed by atoms with Gasteiger partial charge in [-0.2, -0.15) is 0 Å². The molecule has 0 fully saturated rings. The minimum Gasteiger partial charge on any atom is -0.550 e. The van der Waals surface area contributed by atoms with Crippen LogP contribution in [-0.4, -0.2) is 121 Å². The van der Waals surface area contributed by atoms with Gasteiger partial charge < -0.3 is 34.9 Å². The van der Waals surface area contributed by atoms with E-state index in [1.807, 2.05) is 0 Å². The third-order valence-corrected chi connectivity index (χ3v) is 3.81. The fourth-order valence-corrected chi connectivity index (χ4v) is 2.36. The van der Waals surface area contributed by atoms with E-state index in [0.29, 0.717) is 25.9 Å². The predicted octanol–water partition coefficient (Wildman–Crippen LogP) is -2.71. The van der Waals surface area contributed by atoms with Gasteiger partial charge >= 0.3 is 43.7 Å². The molecule has 0 aliphatic rings. The smallest absolute Gasteiger partial charge is 0.550 e. The Bertz CT molecular complexity index is 445. The Morgan fingerprint density at radius 1 is 0.926 bits per heavy atom. The minimum atomic E-state index is -1.23. The molecule has 0 amide bonds. The Morgan fingerprint density at radius 2 is 1.41 bits per heavy atom. The largest absolute Gasteiger partial charge is 2.00 e. The molecule has 0 saturated heterocycles. The minimum absolute atomic E-state index is 0. The molecule has 1 unspecified atom stereocenters. The monoisotopic (exact) mass is 412 g/mol. The number of aliphatic hydroxyl groups is 1. The third kappa shape index (κ3) is 18.4. The van der Waals surface area contributed by atoms with Crippen molar-refractivity contribution in [1.82, 2.24) is 9.80 Å². The van der Waals surface area contributed by atoms with E-state index in [4.69, 9.17) is 5.11 Å². The summed E-state index contributed by atoms with van der Waals surface area (Å²) in [7, 11) is 0. The molecule has 0 aromatic carbocycles. The summed E-state index contributed by atoms with van der Waals surface area (Å²) >= 11 is 0. The fraction of sp³-hybridized carbons (Fsp3) is 0.706. The van der Waals surface area contributed by atoms with E-state index in [1.54, 1.807) is 15.9 Å². The van der Waals surface area contributed by atoms with Gasteiger partial charge in [-0.25, -0.2) is 0 Å². The van der Waals surface area contributed by atoms with E-state index in [9.17, 15) is 29.7 Å². The number of hydrogen-bond donors (Lipinski definition) is 2. The first-order valence-electron chi connectivity index (χ1n) is 8.59. The second-order valence-corrected chi connectivity index (χ2v) is 6.05. The first kappa shape index (κ1) is 28.5. The van der Waals surface area contributed by atoms with Crippen LogP contribution < -0.4 is 10.2 Å². The van der Waals surface area contributed by atoms with E-state index >= 15 is 0 Å². The second-order valence-electron chi connectivity index (χ2n) is 6.05. The summed E-state index contributed by atoms with van der Waals surface area (Å²) in [5.41, 5.74) is 0. The first-order chi connectivity index (χ1) is 12.2. The van der Waals surface area contributed by atoms with Crippen LogP contribution in [0.5, 0.6) is 0 Å². The molecule has 0 rings (SSSR count). The zero-order valence-corrected chi connectivity index (χ0v) is 17.9. The number of aliphatic hydroxyl groups excluding tert-OH is 1. The zero-order chi connectivity index (χ0) is 19.9. The molecule has 150 valence electrons. The average Bonchev–Trinajstić information content (AvgIpc) is 2.56. The molecular weight excluding hydrogens is 384 g/mol. The van der Waals surface area contributed by atoms with Crippen molar-refractivity contribution in [2.75, 3.05) is 39.3 Å². The Balaban J connectivity index is 0. The molecule has 0 spiro atoms. The maximum Gasteiger partial charge on any atom is 2.00 e. The van der Waals surface area contributed by atoms with Gasteiger partial charge in [-0.05, 0) is 25.7 Å². The number of carbonyl (C=O) groups excluding carboxylic acids is 2. The van der Waals surface area contributed by atoms with Crippen molar-refractivity contribution in [3.05, 3.63) is 12.7 Å². The molecule has 0 aromatic rings. The van der Waals surface area contributed by atoms with Crippen molar-refractivity contribution in [3.63, 3.8) is 0 Å². The fourth-order valence-electron chi connectivity index (χ4n) is 2.36. The van der Waals surface area contributed by atoms with E-state index in [2.05, 4.69) is 6.58 Å². The van der Waals surface area contributed by atoms with E-state index in [1.165, 1.54) is 0 Å². The Kier molecular flexibility index (Phi) is 18.4. The maximum absolute atomic E-state index is 10.8. The zero-order valence-electron chi connectivity index (χ0n) is 15.7. The number of carboxylic acid groups (broad SMARTS) is 3. The molecule has 0 heterocycles. The summed E-state index contributed by atoms with van der Waals surface area (Å²) in [6.45, 7) is 5.06. The SMILES string of the molecule is C=CCCC(O)CN(CCC(=O)O)CCN(CCC(=O)[O-])CCC(=O)[O-].[Ca+2]. The van der Waals surface area contributed by atoms with E-state index in [-0.39, 0.29) is 83.2 Å². The van der Waals surface area contributed by atoms with Gasteiger partial charge in [0.15, 0.2) is 0 Å². The van der Waals surface area contributed by atoms with Gasteiger partial charge in [0, 0.05) is 51.2 Å². The van der Waals surface area contributed by atoms with E-state index < -0.39 is 24.0 Å². The average molecular weight is 412 g/mol. The van der Waals surface area contributed by atoms with Crippen LogP contribution in [0.15, 0.2) is 12.7 Å². The molecule has 1 atom stereocenters. The van der Waals surface area contributed by atoms with Crippen LogP contribution in [0.25, 0.3) is 0 Å². The van der Waals surface area contributed by atoms with Crippen LogP contribution in [0.4, 0.5) is 0 Å². The molecule has 9 nitrogen and oxygen atoms in total. The molecule has 2 N–H and O–H groups in total. The molecule has 27 heavy (non-hydrogen) atoms. The van der Waals surface area contributed by atoms with Gasteiger partial charge in [-0.3, -0.25) is 9.69 Å². The third-order valence-electron chi connectivity index (χ3n) is 3.81.